The van der Waals surface area contributed by atoms with E-state index in [2.05, 4.69) is 34.9 Å². The second-order valence-electron chi connectivity index (χ2n) is 8.32. The SMILES string of the molecule is CCOc1ccccc1N1CCN(Cc2nc(-c3cc(C)c(OC)cc3C)oc2C)CC1. The van der Waals surface area contributed by atoms with Crippen molar-refractivity contribution in [3.63, 3.8) is 0 Å². The molecule has 0 bridgehead atoms. The summed E-state index contributed by atoms with van der Waals surface area (Å²) < 4.78 is 17.3. The minimum Gasteiger partial charge on any atom is -0.496 e. The van der Waals surface area contributed by atoms with Crippen LogP contribution in [0.3, 0.4) is 0 Å². The van der Waals surface area contributed by atoms with Crippen molar-refractivity contribution in [1.82, 2.24) is 9.88 Å². The highest BCUT2D eigenvalue weighted by atomic mass is 16.5. The number of nitrogens with zero attached hydrogens (tertiary/aromatic N) is 3. The standard InChI is InChI=1S/C26H33N3O3/c1-6-31-24-10-8-7-9-23(24)29-13-11-28(12-14-29)17-22-20(4)32-26(27-22)21-15-19(3)25(30-5)16-18(21)2/h7-10,15-16H,6,11-14,17H2,1-5H3. The lowest BCUT2D eigenvalue weighted by Crippen LogP contribution is -2.46. The van der Waals surface area contributed by atoms with Gasteiger partial charge in [0.05, 0.1) is 25.1 Å². The average Bonchev–Trinajstić information content (AvgIpc) is 3.16. The smallest absolute Gasteiger partial charge is 0.226 e. The summed E-state index contributed by atoms with van der Waals surface area (Å²) in [5.41, 5.74) is 5.39. The van der Waals surface area contributed by atoms with Gasteiger partial charge < -0.3 is 18.8 Å². The second kappa shape index (κ2) is 9.65. The molecule has 6 heteroatoms. The molecular formula is C26H33N3O3. The minimum absolute atomic E-state index is 0.679. The Hall–Kier alpha value is -2.99. The lowest BCUT2D eigenvalue weighted by atomic mass is 10.0. The van der Waals surface area contributed by atoms with Crippen LogP contribution in [-0.4, -0.2) is 49.8 Å². The van der Waals surface area contributed by atoms with Gasteiger partial charge in [0.1, 0.15) is 17.3 Å². The Labute approximate surface area is 190 Å². The van der Waals surface area contributed by atoms with Crippen molar-refractivity contribution in [2.24, 2.45) is 0 Å². The number of hydrogen-bond donors (Lipinski definition) is 0. The quantitative estimate of drug-likeness (QED) is 0.521. The molecule has 0 N–H and O–H groups in total. The highest BCUT2D eigenvalue weighted by Crippen LogP contribution is 2.32. The molecule has 6 nitrogen and oxygen atoms in total. The van der Waals surface area contributed by atoms with Crippen molar-refractivity contribution >= 4 is 5.69 Å². The molecule has 1 fully saturated rings. The first-order valence-electron chi connectivity index (χ1n) is 11.3. The maximum Gasteiger partial charge on any atom is 0.226 e. The molecule has 0 unspecified atom stereocenters. The third kappa shape index (κ3) is 4.60. The Balaban J connectivity index is 1.44. The molecule has 2 heterocycles. The van der Waals surface area contributed by atoms with E-state index in [1.165, 1.54) is 5.69 Å². The van der Waals surface area contributed by atoms with Crippen LogP contribution < -0.4 is 14.4 Å². The first-order valence-corrected chi connectivity index (χ1v) is 11.3. The van der Waals surface area contributed by atoms with Gasteiger partial charge in [-0.1, -0.05) is 12.1 Å². The van der Waals surface area contributed by atoms with Crippen molar-refractivity contribution in [2.75, 3.05) is 44.8 Å². The van der Waals surface area contributed by atoms with Crippen LogP contribution in [0.5, 0.6) is 11.5 Å². The van der Waals surface area contributed by atoms with Crippen LogP contribution in [0, 0.1) is 20.8 Å². The fourth-order valence-electron chi connectivity index (χ4n) is 4.28. The van der Waals surface area contributed by atoms with E-state index in [1.54, 1.807) is 7.11 Å². The van der Waals surface area contributed by atoms with Gasteiger partial charge in [0.25, 0.3) is 0 Å². The van der Waals surface area contributed by atoms with E-state index in [0.29, 0.717) is 12.5 Å². The number of hydrogen-bond acceptors (Lipinski definition) is 6. The van der Waals surface area contributed by atoms with Gasteiger partial charge >= 0.3 is 0 Å². The van der Waals surface area contributed by atoms with E-state index in [4.69, 9.17) is 18.9 Å². The largest absolute Gasteiger partial charge is 0.496 e. The van der Waals surface area contributed by atoms with Crippen LogP contribution in [0.1, 0.15) is 29.5 Å². The van der Waals surface area contributed by atoms with Gasteiger partial charge in [-0.05, 0) is 63.1 Å². The van der Waals surface area contributed by atoms with Crippen LogP contribution in [0.2, 0.25) is 0 Å². The molecule has 2 aromatic carbocycles. The summed E-state index contributed by atoms with van der Waals surface area (Å²) in [6.07, 6.45) is 0. The Bertz CT molecular complexity index is 1070. The number of para-hydroxylation sites is 2. The predicted molar refractivity (Wildman–Crippen MR) is 128 cm³/mol. The first-order chi connectivity index (χ1) is 15.5. The van der Waals surface area contributed by atoms with Crippen LogP contribution in [0.15, 0.2) is 40.8 Å². The summed E-state index contributed by atoms with van der Waals surface area (Å²) in [6.45, 7) is 13.5. The molecular weight excluding hydrogens is 402 g/mol. The normalized spacial score (nSPS) is 14.6. The van der Waals surface area contributed by atoms with Crippen molar-refractivity contribution in [3.8, 4) is 23.0 Å². The number of piperazine rings is 1. The Morgan fingerprint density at radius 3 is 2.44 bits per heavy atom. The number of anilines is 1. The number of rotatable bonds is 7. The van der Waals surface area contributed by atoms with Gasteiger partial charge in [-0.15, -0.1) is 0 Å². The summed E-state index contributed by atoms with van der Waals surface area (Å²) >= 11 is 0. The van der Waals surface area contributed by atoms with Gasteiger partial charge in [0.15, 0.2) is 0 Å². The molecule has 0 aliphatic carbocycles. The monoisotopic (exact) mass is 435 g/mol. The molecule has 1 aliphatic heterocycles. The molecule has 0 atom stereocenters. The third-order valence-electron chi connectivity index (χ3n) is 6.12. The van der Waals surface area contributed by atoms with Crippen molar-refractivity contribution in [1.29, 1.82) is 0 Å². The molecule has 1 aromatic heterocycles. The molecule has 32 heavy (non-hydrogen) atoms. The zero-order valence-corrected chi connectivity index (χ0v) is 19.8. The number of benzene rings is 2. The summed E-state index contributed by atoms with van der Waals surface area (Å²) in [6, 6.07) is 12.4. The molecule has 0 saturated carbocycles. The molecule has 0 radical (unpaired) electrons. The summed E-state index contributed by atoms with van der Waals surface area (Å²) in [7, 11) is 1.70. The van der Waals surface area contributed by atoms with Crippen molar-refractivity contribution < 1.29 is 13.9 Å². The second-order valence-corrected chi connectivity index (χ2v) is 8.32. The molecule has 0 amide bonds. The summed E-state index contributed by atoms with van der Waals surface area (Å²) in [5, 5.41) is 0. The Morgan fingerprint density at radius 2 is 1.72 bits per heavy atom. The highest BCUT2D eigenvalue weighted by molar-refractivity contribution is 5.63. The fourth-order valence-corrected chi connectivity index (χ4v) is 4.28. The van der Waals surface area contributed by atoms with Crippen LogP contribution in [0.25, 0.3) is 11.5 Å². The van der Waals surface area contributed by atoms with Crippen molar-refractivity contribution in [3.05, 3.63) is 59.0 Å². The summed E-state index contributed by atoms with van der Waals surface area (Å²) in [5.74, 6) is 3.42. The number of methoxy groups -OCH3 is 1. The lowest BCUT2D eigenvalue weighted by molar-refractivity contribution is 0.245. The zero-order chi connectivity index (χ0) is 22.7. The fraction of sp³-hybridized carbons (Fsp3) is 0.423. The van der Waals surface area contributed by atoms with Crippen LogP contribution in [0.4, 0.5) is 5.69 Å². The summed E-state index contributed by atoms with van der Waals surface area (Å²) in [4.78, 5) is 9.72. The molecule has 170 valence electrons. The predicted octanol–water partition coefficient (Wildman–Crippen LogP) is 5.00. The topological polar surface area (TPSA) is 51.0 Å². The Kier molecular flexibility index (Phi) is 6.70. The number of aromatic nitrogens is 1. The molecule has 1 saturated heterocycles. The lowest BCUT2D eigenvalue weighted by Gasteiger charge is -2.36. The average molecular weight is 436 g/mol. The number of oxazole rings is 1. The van der Waals surface area contributed by atoms with E-state index in [-0.39, 0.29) is 0 Å². The van der Waals surface area contributed by atoms with Crippen LogP contribution in [-0.2, 0) is 6.54 Å². The van der Waals surface area contributed by atoms with E-state index in [1.807, 2.05) is 39.0 Å². The molecule has 1 aliphatic rings. The van der Waals surface area contributed by atoms with E-state index >= 15 is 0 Å². The van der Waals surface area contributed by atoms with Gasteiger partial charge in [-0.2, -0.15) is 0 Å². The molecule has 3 aromatic rings. The van der Waals surface area contributed by atoms with Crippen LogP contribution >= 0.6 is 0 Å². The first kappa shape index (κ1) is 22.2. The maximum absolute atomic E-state index is 6.08. The van der Waals surface area contributed by atoms with E-state index in [0.717, 1.165) is 72.4 Å². The van der Waals surface area contributed by atoms with Crippen molar-refractivity contribution in [2.45, 2.75) is 34.2 Å². The van der Waals surface area contributed by atoms with Gasteiger partial charge in [0, 0.05) is 38.3 Å². The number of ether oxygens (including phenoxy) is 2. The van der Waals surface area contributed by atoms with Gasteiger partial charge in [-0.25, -0.2) is 4.98 Å². The van der Waals surface area contributed by atoms with Gasteiger partial charge in [0.2, 0.25) is 5.89 Å². The van der Waals surface area contributed by atoms with E-state index in [9.17, 15) is 0 Å². The highest BCUT2D eigenvalue weighted by Gasteiger charge is 2.22. The maximum atomic E-state index is 6.08. The zero-order valence-electron chi connectivity index (χ0n) is 19.8. The van der Waals surface area contributed by atoms with Gasteiger partial charge in [-0.3, -0.25) is 4.90 Å². The van der Waals surface area contributed by atoms with E-state index < -0.39 is 0 Å². The number of aryl methyl sites for hydroxylation is 3. The Morgan fingerprint density at radius 1 is 0.969 bits per heavy atom. The molecule has 4 rings (SSSR count). The third-order valence-corrected chi connectivity index (χ3v) is 6.12. The molecule has 0 spiro atoms. The minimum atomic E-state index is 0.679.